The number of H-pyrrole nitrogens is 1. The van der Waals surface area contributed by atoms with Gasteiger partial charge in [0, 0.05) is 6.42 Å². The number of ether oxygens (including phenoxy) is 2. The number of nitrogens with one attached hydrogen (secondary N) is 1. The van der Waals surface area contributed by atoms with Crippen molar-refractivity contribution in [1.82, 2.24) is 49.9 Å². The van der Waals surface area contributed by atoms with Crippen LogP contribution in [0.15, 0.2) is 11.1 Å². The number of hydrogen-bond donors (Lipinski definition) is 5. The molecule has 3 fully saturated rings. The third-order valence-corrected chi connectivity index (χ3v) is 10.1. The Labute approximate surface area is 253 Å². The lowest BCUT2D eigenvalue weighted by Crippen LogP contribution is -2.34. The van der Waals surface area contributed by atoms with Crippen molar-refractivity contribution in [3.63, 3.8) is 0 Å². The first-order valence-corrected chi connectivity index (χ1v) is 17.9. The average molecular weight is 695 g/mol. The fourth-order valence-electron chi connectivity index (χ4n) is 5.00. The zero-order chi connectivity index (χ0) is 31.0. The predicted octanol–water partition coefficient (Wildman–Crippen LogP) is -0.491. The molecule has 2 unspecified atom stereocenters. The topological polar surface area (TPSA) is 278 Å². The number of hydrogen-bond acceptors (Lipinski definition) is 18. The molecule has 6 N–H and O–H groups in total. The van der Waals surface area contributed by atoms with E-state index in [1.807, 2.05) is 0 Å². The number of rotatable bonds is 2. The van der Waals surface area contributed by atoms with Gasteiger partial charge in [-0.1, -0.05) is 22.7 Å². The summed E-state index contributed by atoms with van der Waals surface area (Å²) in [5.74, 6) is -0.209. The first-order chi connectivity index (χ1) is 20.9. The van der Waals surface area contributed by atoms with E-state index in [1.54, 1.807) is 0 Å². The van der Waals surface area contributed by atoms with E-state index < -0.39 is 68.7 Å². The molecule has 2 bridgehead atoms. The maximum atomic E-state index is 15.9. The van der Waals surface area contributed by atoms with Crippen LogP contribution in [0, 0.1) is 0 Å². The second-order valence-electron chi connectivity index (χ2n) is 9.76. The van der Waals surface area contributed by atoms with Crippen LogP contribution in [0.4, 0.5) is 16.2 Å². The lowest BCUT2D eigenvalue weighted by molar-refractivity contribution is -0.0630. The zero-order valence-corrected chi connectivity index (χ0v) is 25.3. The molecule has 44 heavy (non-hydrogen) atoms. The molecule has 0 aromatic carbocycles. The summed E-state index contributed by atoms with van der Waals surface area (Å²) >= 11 is 9.26. The first kappa shape index (κ1) is 29.9. The van der Waals surface area contributed by atoms with Crippen molar-refractivity contribution in [3.05, 3.63) is 16.7 Å². The van der Waals surface area contributed by atoms with Gasteiger partial charge in [0.2, 0.25) is 5.95 Å². The van der Waals surface area contributed by atoms with Gasteiger partial charge in [-0.2, -0.15) is 14.3 Å². The maximum Gasteiger partial charge on any atom is 0.386 e. The van der Waals surface area contributed by atoms with E-state index in [0.717, 1.165) is 15.7 Å². The van der Waals surface area contributed by atoms with Crippen molar-refractivity contribution in [2.24, 2.45) is 0 Å². The largest absolute Gasteiger partial charge is 0.386 e. The number of fused-ring (bicyclic) bond motifs is 5. The smallest absolute Gasteiger partial charge is 0.382 e. The lowest BCUT2D eigenvalue weighted by Gasteiger charge is -2.26. The Kier molecular flexibility index (Phi) is 7.44. The minimum Gasteiger partial charge on any atom is -0.382 e. The normalized spacial score (nSPS) is 36.6. The van der Waals surface area contributed by atoms with Crippen LogP contribution in [0.1, 0.15) is 18.9 Å². The molecule has 0 spiro atoms. The summed E-state index contributed by atoms with van der Waals surface area (Å²) in [6.45, 7) is -9.40. The fourth-order valence-corrected chi connectivity index (χ4v) is 7.94. The number of halogens is 1. The van der Waals surface area contributed by atoms with Crippen LogP contribution in [0.2, 0.25) is 0 Å². The van der Waals surface area contributed by atoms with Gasteiger partial charge in [-0.3, -0.25) is 23.3 Å². The molecule has 0 amide bonds. The number of anilines is 2. The summed E-state index contributed by atoms with van der Waals surface area (Å²) in [6, 6.07) is 0. The van der Waals surface area contributed by atoms with Crippen LogP contribution in [-0.4, -0.2) is 98.6 Å². The van der Waals surface area contributed by atoms with Gasteiger partial charge in [0.1, 0.15) is 24.6 Å². The third kappa shape index (κ3) is 5.38. The van der Waals surface area contributed by atoms with E-state index in [4.69, 9.17) is 50.8 Å². The fraction of sp³-hybridized carbons (Fsp3) is 0.556. The molecule has 236 valence electrons. The molecule has 0 saturated carbocycles. The van der Waals surface area contributed by atoms with Gasteiger partial charge >= 0.3 is 13.5 Å². The summed E-state index contributed by atoms with van der Waals surface area (Å²) < 4.78 is 65.6. The molecule has 26 heteroatoms. The number of aromatic amines is 1. The summed E-state index contributed by atoms with van der Waals surface area (Å²) in [7, 11) is 0. The minimum atomic E-state index is -4.25. The van der Waals surface area contributed by atoms with Crippen LogP contribution in [-0.2, 0) is 43.9 Å². The van der Waals surface area contributed by atoms with E-state index in [-0.39, 0.29) is 47.1 Å². The van der Waals surface area contributed by atoms with Crippen molar-refractivity contribution in [2.45, 2.75) is 49.5 Å². The SMILES string of the molecule is Nc1nc2c(nnn2[C@@H]2O[C@@H]3COP(O)(=S)O[C@H]4[C@H](F)[C@H](n5nnc6c(N)ncnc65)O[C@@H]4COP(=O)(S)O[C@H]2C3)c(=O)[nH]1. The number of aromatic nitrogens is 10. The highest BCUT2D eigenvalue weighted by Gasteiger charge is 2.52. The quantitative estimate of drug-likeness (QED) is 0.131. The van der Waals surface area contributed by atoms with Gasteiger partial charge in [-0.25, -0.2) is 18.9 Å². The molecule has 0 aliphatic carbocycles. The summed E-state index contributed by atoms with van der Waals surface area (Å²) in [4.78, 5) is 37.4. The molecule has 4 aromatic rings. The molecule has 0 radical (unpaired) electrons. The van der Waals surface area contributed by atoms with Crippen molar-refractivity contribution >= 4 is 71.7 Å². The Bertz CT molecular complexity index is 1910. The van der Waals surface area contributed by atoms with Crippen molar-refractivity contribution in [1.29, 1.82) is 0 Å². The molecule has 3 aliphatic heterocycles. The van der Waals surface area contributed by atoms with Gasteiger partial charge < -0.3 is 30.4 Å². The van der Waals surface area contributed by atoms with E-state index >= 15 is 4.39 Å². The standard InChI is InChI=1S/C18H21FN12O9P2S2/c19-8-11-7(38-17(8)30-13-9(26-28-30)12(20)22-4-23-13)3-36-41(33,43)39-6-1-5(2-35-42(34,44)40-11)37-16(6)31-14-10(27-29-31)15(32)25-18(21)24-14/h4-8,11,16-17H,1-3H2,(H,33,43)(H,34,44)(H2,20,22,23)(H3,21,24,25,32)/t5-,6-,7+,8-,11+,16+,17+,41?,42?/m0/s1. The van der Waals surface area contributed by atoms with Crippen LogP contribution in [0.5, 0.6) is 0 Å². The molecule has 9 atom stereocenters. The molecule has 7 heterocycles. The van der Waals surface area contributed by atoms with Crippen LogP contribution < -0.4 is 17.0 Å². The average Bonchev–Trinajstić information content (AvgIpc) is 3.72. The van der Waals surface area contributed by atoms with Crippen LogP contribution >= 0.6 is 25.8 Å². The Morgan fingerprint density at radius 1 is 1.05 bits per heavy atom. The van der Waals surface area contributed by atoms with Gasteiger partial charge in [0.25, 0.3) is 5.56 Å². The molecule has 3 saturated heterocycles. The Morgan fingerprint density at radius 2 is 1.80 bits per heavy atom. The Hall–Kier alpha value is -2.76. The van der Waals surface area contributed by atoms with E-state index in [9.17, 15) is 14.3 Å². The van der Waals surface area contributed by atoms with Gasteiger partial charge in [-0.15, -0.1) is 10.2 Å². The van der Waals surface area contributed by atoms with Gasteiger partial charge in [0.15, 0.2) is 46.8 Å². The summed E-state index contributed by atoms with van der Waals surface area (Å²) in [5, 5.41) is 15.5. The summed E-state index contributed by atoms with van der Waals surface area (Å²) in [5.41, 5.74) is 10.8. The van der Waals surface area contributed by atoms with Crippen molar-refractivity contribution in [2.75, 3.05) is 24.7 Å². The maximum absolute atomic E-state index is 15.9. The Morgan fingerprint density at radius 3 is 2.59 bits per heavy atom. The monoisotopic (exact) mass is 694 g/mol. The van der Waals surface area contributed by atoms with E-state index in [0.29, 0.717) is 0 Å². The molecule has 4 aromatic heterocycles. The predicted molar refractivity (Wildman–Crippen MR) is 150 cm³/mol. The minimum absolute atomic E-state index is 0.00399. The zero-order valence-electron chi connectivity index (χ0n) is 21.8. The van der Waals surface area contributed by atoms with Gasteiger partial charge in [-0.05, 0) is 11.8 Å². The van der Waals surface area contributed by atoms with Crippen molar-refractivity contribution < 1.29 is 41.4 Å². The molecule has 7 rings (SSSR count). The highest BCUT2D eigenvalue weighted by Crippen LogP contribution is 2.58. The number of alkyl halides is 1. The molecular formula is C18H21FN12O9P2S2. The molecular weight excluding hydrogens is 673 g/mol. The lowest BCUT2D eigenvalue weighted by atomic mass is 10.1. The highest BCUT2D eigenvalue weighted by molar-refractivity contribution is 8.44. The second kappa shape index (κ2) is 10.9. The van der Waals surface area contributed by atoms with Gasteiger partial charge in [0.05, 0.1) is 19.3 Å². The highest BCUT2D eigenvalue weighted by atomic mass is 32.7. The van der Waals surface area contributed by atoms with E-state index in [1.165, 1.54) is 0 Å². The van der Waals surface area contributed by atoms with Crippen LogP contribution in [0.25, 0.3) is 22.3 Å². The number of thiol groups is 1. The first-order valence-electron chi connectivity index (χ1n) is 12.6. The number of nitrogens with zero attached hydrogens (tertiary/aromatic N) is 9. The summed E-state index contributed by atoms with van der Waals surface area (Å²) in [6.07, 6.45) is -8.48. The number of nitrogen functional groups attached to an aromatic ring is 2. The van der Waals surface area contributed by atoms with Crippen LogP contribution in [0.3, 0.4) is 0 Å². The number of nitrogens with two attached hydrogens (primary N) is 2. The third-order valence-electron chi connectivity index (χ3n) is 6.89. The Balaban J connectivity index is 1.19. The van der Waals surface area contributed by atoms with Crippen molar-refractivity contribution in [3.8, 4) is 0 Å². The van der Waals surface area contributed by atoms with E-state index in [2.05, 4.69) is 52.8 Å². The second-order valence-corrected chi connectivity index (χ2v) is 15.4. The molecule has 3 aliphatic rings. The molecule has 21 nitrogen and oxygen atoms in total.